The molecule has 0 aliphatic carbocycles. The second kappa shape index (κ2) is 4.81. The number of pyridine rings is 1. The zero-order valence-electron chi connectivity index (χ0n) is 4.16. The average molecular weight is 205 g/mol. The number of nitrogens with zero attached hydrogens (tertiary/aromatic N) is 1. The zero-order valence-corrected chi connectivity index (χ0v) is 6.43. The summed E-state index contributed by atoms with van der Waals surface area (Å²) in [6.45, 7) is 0. The van der Waals surface area contributed by atoms with Crippen LogP contribution in [0.15, 0.2) is 6.07 Å². The van der Waals surface area contributed by atoms with E-state index in [1.807, 2.05) is 0 Å². The standard InChI is InChI=1S/C5HCl3N.Na.H/c6-3-1-4(7)5(8)9-2-3;;/h1H;;. The van der Waals surface area contributed by atoms with Gasteiger partial charge in [-0.15, -0.1) is 0 Å². The van der Waals surface area contributed by atoms with E-state index in [-0.39, 0.29) is 34.7 Å². The fourth-order valence-corrected chi connectivity index (χ4v) is 0.814. The summed E-state index contributed by atoms with van der Waals surface area (Å²) in [5.74, 6) is 0. The molecule has 0 saturated carbocycles. The van der Waals surface area contributed by atoms with Crippen molar-refractivity contribution >= 4 is 64.4 Å². The van der Waals surface area contributed by atoms with Gasteiger partial charge in [0.1, 0.15) is 11.3 Å². The Bertz CT molecular complexity index is 228. The zero-order chi connectivity index (χ0) is 6.85. The van der Waals surface area contributed by atoms with Crippen LogP contribution in [0.5, 0.6) is 0 Å². The first-order valence-corrected chi connectivity index (χ1v) is 3.23. The molecule has 0 unspecified atom stereocenters. The Labute approximate surface area is 96.0 Å². The first-order chi connectivity index (χ1) is 4.20. The molecule has 0 fully saturated rings. The van der Waals surface area contributed by atoms with Crippen molar-refractivity contribution in [2.75, 3.05) is 0 Å². The number of aromatic nitrogens is 1. The van der Waals surface area contributed by atoms with E-state index in [2.05, 4.69) is 11.2 Å². The van der Waals surface area contributed by atoms with E-state index in [9.17, 15) is 0 Å². The van der Waals surface area contributed by atoms with Crippen LogP contribution in [-0.4, -0.2) is 34.5 Å². The molecule has 49 valence electrons. The van der Waals surface area contributed by atoms with Gasteiger partial charge in [0.05, 0.1) is 10.0 Å². The molecular weight excluding hydrogens is 203 g/mol. The maximum absolute atomic E-state index is 5.52. The summed E-state index contributed by atoms with van der Waals surface area (Å²) >= 11 is 16.4. The van der Waals surface area contributed by atoms with Crippen LogP contribution in [0.3, 0.4) is 0 Å². The van der Waals surface area contributed by atoms with E-state index in [1.54, 1.807) is 0 Å². The molecule has 1 aromatic heterocycles. The number of hydrogen-bond acceptors (Lipinski definition) is 1. The first-order valence-electron chi connectivity index (χ1n) is 2.09. The summed E-state index contributed by atoms with van der Waals surface area (Å²) in [5, 5.41) is 0.936. The van der Waals surface area contributed by atoms with Crippen LogP contribution >= 0.6 is 34.8 Å². The second-order valence-corrected chi connectivity index (χ2v) is 2.53. The fourth-order valence-electron chi connectivity index (χ4n) is 0.359. The first kappa shape index (κ1) is 11.0. The number of hydrogen-bond donors (Lipinski definition) is 0. The molecule has 1 heterocycles. The van der Waals surface area contributed by atoms with E-state index in [4.69, 9.17) is 34.8 Å². The van der Waals surface area contributed by atoms with Gasteiger partial charge >= 0.3 is 29.6 Å². The van der Waals surface area contributed by atoms with Gasteiger partial charge in [-0.2, -0.15) is 0 Å². The van der Waals surface area contributed by atoms with E-state index in [0.717, 1.165) is 0 Å². The summed E-state index contributed by atoms with van der Waals surface area (Å²) in [6, 6.07) is 1.48. The fraction of sp³-hybridized carbons (Fsp3) is 0. The minimum atomic E-state index is 0. The summed E-state index contributed by atoms with van der Waals surface area (Å²) in [6.07, 6.45) is 2.44. The molecule has 0 aromatic carbocycles. The van der Waals surface area contributed by atoms with Crippen molar-refractivity contribution in [3.63, 3.8) is 0 Å². The van der Waals surface area contributed by atoms with Crippen molar-refractivity contribution in [3.05, 3.63) is 27.5 Å². The van der Waals surface area contributed by atoms with E-state index >= 15 is 0 Å². The third-order valence-corrected chi connectivity index (χ3v) is 1.58. The molecule has 0 amide bonds. The SMILES string of the molecule is Clc1[c]nc(Cl)c(Cl)c1.[NaH]. The molecule has 0 aliphatic heterocycles. The van der Waals surface area contributed by atoms with E-state index < -0.39 is 0 Å². The second-order valence-electron chi connectivity index (χ2n) is 1.35. The van der Waals surface area contributed by atoms with Gasteiger partial charge in [-0.05, 0) is 6.07 Å². The van der Waals surface area contributed by atoms with Gasteiger partial charge in [-0.3, -0.25) is 0 Å². The summed E-state index contributed by atoms with van der Waals surface area (Å²) in [5.41, 5.74) is 0. The number of rotatable bonds is 0. The Morgan fingerprint density at radius 2 is 1.90 bits per heavy atom. The maximum atomic E-state index is 5.52. The van der Waals surface area contributed by atoms with Crippen molar-refractivity contribution in [3.8, 4) is 0 Å². The molecule has 1 nitrogen and oxygen atoms in total. The van der Waals surface area contributed by atoms with Crippen molar-refractivity contribution in [2.24, 2.45) is 0 Å². The van der Waals surface area contributed by atoms with Gasteiger partial charge < -0.3 is 0 Å². The van der Waals surface area contributed by atoms with Gasteiger partial charge in [0, 0.05) is 0 Å². The molecule has 5 heteroatoms. The van der Waals surface area contributed by atoms with Crippen LogP contribution in [0, 0.1) is 6.20 Å². The van der Waals surface area contributed by atoms with Crippen LogP contribution in [0.1, 0.15) is 0 Å². The van der Waals surface area contributed by atoms with Crippen LogP contribution in [-0.2, 0) is 0 Å². The molecule has 1 radical (unpaired) electrons. The normalized spacial score (nSPS) is 8.70. The van der Waals surface area contributed by atoms with Crippen LogP contribution in [0.2, 0.25) is 15.2 Å². The van der Waals surface area contributed by atoms with Crippen molar-refractivity contribution in [2.45, 2.75) is 0 Å². The molecule has 10 heavy (non-hydrogen) atoms. The average Bonchev–Trinajstić information content (AvgIpc) is 1.80. The van der Waals surface area contributed by atoms with E-state index in [1.165, 1.54) is 6.07 Å². The molecular formula is C5H2Cl3NNa. The Morgan fingerprint density at radius 1 is 1.30 bits per heavy atom. The van der Waals surface area contributed by atoms with Gasteiger partial charge in [0.15, 0.2) is 0 Å². The monoisotopic (exact) mass is 204 g/mol. The predicted octanol–water partition coefficient (Wildman–Crippen LogP) is 2.19. The van der Waals surface area contributed by atoms with Crippen LogP contribution < -0.4 is 0 Å². The Kier molecular flexibility index (Phi) is 5.30. The number of halogens is 3. The van der Waals surface area contributed by atoms with Crippen molar-refractivity contribution < 1.29 is 0 Å². The minimum absolute atomic E-state index is 0. The summed E-state index contributed by atoms with van der Waals surface area (Å²) < 4.78 is 0. The molecule has 0 spiro atoms. The molecule has 0 saturated heterocycles. The molecule has 1 rings (SSSR count). The molecule has 1 aromatic rings. The van der Waals surface area contributed by atoms with Crippen LogP contribution in [0.25, 0.3) is 0 Å². The topological polar surface area (TPSA) is 12.9 Å². The summed E-state index contributed by atoms with van der Waals surface area (Å²) in [4.78, 5) is 3.55. The van der Waals surface area contributed by atoms with Gasteiger partial charge in [-0.1, -0.05) is 34.8 Å². The van der Waals surface area contributed by atoms with E-state index in [0.29, 0.717) is 10.0 Å². The van der Waals surface area contributed by atoms with Gasteiger partial charge in [0.2, 0.25) is 0 Å². The summed E-state index contributed by atoms with van der Waals surface area (Å²) in [7, 11) is 0. The molecule has 0 aliphatic rings. The van der Waals surface area contributed by atoms with Crippen molar-refractivity contribution in [1.29, 1.82) is 0 Å². The van der Waals surface area contributed by atoms with Gasteiger partial charge in [-0.25, -0.2) is 4.98 Å². The predicted molar refractivity (Wildman–Crippen MR) is 45.3 cm³/mol. The molecule has 0 atom stereocenters. The molecule has 0 bridgehead atoms. The van der Waals surface area contributed by atoms with Crippen molar-refractivity contribution in [1.82, 2.24) is 4.98 Å². The third kappa shape index (κ3) is 2.95. The van der Waals surface area contributed by atoms with Crippen LogP contribution in [0.4, 0.5) is 0 Å². The molecule has 0 N–H and O–H groups in total. The third-order valence-electron chi connectivity index (χ3n) is 0.711. The van der Waals surface area contributed by atoms with Gasteiger partial charge in [0.25, 0.3) is 0 Å². The Balaban J connectivity index is 0.000000810. The Hall–Kier alpha value is 1.02. The quantitative estimate of drug-likeness (QED) is 0.467. The Morgan fingerprint density at radius 3 is 2.30 bits per heavy atom.